The van der Waals surface area contributed by atoms with Crippen LogP contribution in [0.25, 0.3) is 22.4 Å². The molecule has 2 aromatic heterocycles. The quantitative estimate of drug-likeness (QED) is 0.778. The zero-order chi connectivity index (χ0) is 15.6. The van der Waals surface area contributed by atoms with E-state index in [2.05, 4.69) is 25.5 Å². The lowest BCUT2D eigenvalue weighted by Gasteiger charge is -2.08. The Morgan fingerprint density at radius 1 is 1.17 bits per heavy atom. The Morgan fingerprint density at radius 3 is 2.74 bits per heavy atom. The number of hydrogen-bond donors (Lipinski definition) is 2. The van der Waals surface area contributed by atoms with E-state index in [1.807, 2.05) is 30.3 Å². The van der Waals surface area contributed by atoms with Crippen molar-refractivity contribution in [1.29, 1.82) is 0 Å². The van der Waals surface area contributed by atoms with Crippen molar-refractivity contribution in [2.75, 3.05) is 5.32 Å². The van der Waals surface area contributed by atoms with Gasteiger partial charge in [0.2, 0.25) is 5.91 Å². The summed E-state index contributed by atoms with van der Waals surface area (Å²) < 4.78 is 0. The molecule has 0 unspecified atom stereocenters. The summed E-state index contributed by atoms with van der Waals surface area (Å²) in [6.07, 6.45) is 5.88. The van der Waals surface area contributed by atoms with E-state index >= 15 is 0 Å². The predicted octanol–water partition coefficient (Wildman–Crippen LogP) is 3.15. The molecule has 6 heteroatoms. The van der Waals surface area contributed by atoms with E-state index in [1.54, 1.807) is 6.20 Å². The number of nitrogens with one attached hydrogen (secondary N) is 2. The topological polar surface area (TPSA) is 83.6 Å². The molecule has 1 amide bonds. The van der Waals surface area contributed by atoms with Crippen molar-refractivity contribution in [1.82, 2.24) is 20.2 Å². The molecule has 2 heterocycles. The molecule has 1 fully saturated rings. The number of carbonyl (C=O) groups excluding carboxylic acids is 1. The Labute approximate surface area is 133 Å². The van der Waals surface area contributed by atoms with Crippen LogP contribution in [0.3, 0.4) is 0 Å². The van der Waals surface area contributed by atoms with Crippen molar-refractivity contribution in [2.24, 2.45) is 5.92 Å². The van der Waals surface area contributed by atoms with Gasteiger partial charge < -0.3 is 5.32 Å². The van der Waals surface area contributed by atoms with Crippen LogP contribution in [0.1, 0.15) is 25.7 Å². The molecule has 3 aromatic rings. The highest BCUT2D eigenvalue weighted by atomic mass is 16.2. The van der Waals surface area contributed by atoms with Crippen molar-refractivity contribution in [2.45, 2.75) is 25.7 Å². The molecule has 116 valence electrons. The minimum Gasteiger partial charge on any atom is -0.308 e. The van der Waals surface area contributed by atoms with E-state index in [-0.39, 0.29) is 11.8 Å². The van der Waals surface area contributed by atoms with Crippen LogP contribution in [0.15, 0.2) is 36.5 Å². The number of amides is 1. The fourth-order valence-corrected chi connectivity index (χ4v) is 3.04. The van der Waals surface area contributed by atoms with Gasteiger partial charge in [-0.2, -0.15) is 5.10 Å². The van der Waals surface area contributed by atoms with Crippen molar-refractivity contribution in [3.63, 3.8) is 0 Å². The maximum absolute atomic E-state index is 12.2. The van der Waals surface area contributed by atoms with Crippen LogP contribution in [-0.4, -0.2) is 26.1 Å². The number of benzene rings is 1. The van der Waals surface area contributed by atoms with Crippen LogP contribution < -0.4 is 5.32 Å². The smallest absolute Gasteiger partial charge is 0.228 e. The summed E-state index contributed by atoms with van der Waals surface area (Å²) in [6, 6.07) is 9.77. The highest BCUT2D eigenvalue weighted by molar-refractivity contribution is 5.99. The first-order valence-corrected chi connectivity index (χ1v) is 7.88. The largest absolute Gasteiger partial charge is 0.308 e. The molecule has 0 bridgehead atoms. The van der Waals surface area contributed by atoms with Gasteiger partial charge in [0.15, 0.2) is 17.3 Å². The summed E-state index contributed by atoms with van der Waals surface area (Å²) in [7, 11) is 0. The van der Waals surface area contributed by atoms with Crippen molar-refractivity contribution < 1.29 is 4.79 Å². The second-order valence-corrected chi connectivity index (χ2v) is 5.86. The Balaban J connectivity index is 1.61. The SMILES string of the molecule is O=C(Nc1n[nH]c2nc(-c3ccccc3)ncc12)C1CCCC1. The van der Waals surface area contributed by atoms with Gasteiger partial charge in [-0.15, -0.1) is 0 Å². The Bertz CT molecular complexity index is 837. The van der Waals surface area contributed by atoms with E-state index in [9.17, 15) is 4.79 Å². The lowest BCUT2D eigenvalue weighted by Crippen LogP contribution is -2.20. The first kappa shape index (κ1) is 13.9. The summed E-state index contributed by atoms with van der Waals surface area (Å²) in [6.45, 7) is 0. The first-order chi connectivity index (χ1) is 11.3. The number of aromatic amines is 1. The summed E-state index contributed by atoms with van der Waals surface area (Å²) in [5.41, 5.74) is 1.57. The lowest BCUT2D eigenvalue weighted by atomic mass is 10.1. The highest BCUT2D eigenvalue weighted by Crippen LogP contribution is 2.27. The second-order valence-electron chi connectivity index (χ2n) is 5.86. The number of nitrogens with zero attached hydrogens (tertiary/aromatic N) is 3. The molecule has 23 heavy (non-hydrogen) atoms. The molecule has 4 rings (SSSR count). The first-order valence-electron chi connectivity index (χ1n) is 7.88. The normalized spacial score (nSPS) is 15.1. The number of H-pyrrole nitrogens is 1. The van der Waals surface area contributed by atoms with E-state index in [0.717, 1.165) is 36.6 Å². The van der Waals surface area contributed by atoms with Crippen LogP contribution >= 0.6 is 0 Å². The van der Waals surface area contributed by atoms with Gasteiger partial charge in [0.05, 0.1) is 5.39 Å². The fraction of sp³-hybridized carbons (Fsp3) is 0.294. The van der Waals surface area contributed by atoms with Gasteiger partial charge in [-0.05, 0) is 12.8 Å². The van der Waals surface area contributed by atoms with Gasteiger partial charge in [-0.25, -0.2) is 9.97 Å². The molecule has 1 aliphatic carbocycles. The van der Waals surface area contributed by atoms with Gasteiger partial charge in [0.1, 0.15) is 0 Å². The Kier molecular flexibility index (Phi) is 3.49. The molecule has 1 aromatic carbocycles. The maximum atomic E-state index is 12.2. The van der Waals surface area contributed by atoms with Crippen LogP contribution in [-0.2, 0) is 4.79 Å². The fourth-order valence-electron chi connectivity index (χ4n) is 3.04. The van der Waals surface area contributed by atoms with E-state index < -0.39 is 0 Å². The third-order valence-corrected chi connectivity index (χ3v) is 4.32. The predicted molar refractivity (Wildman–Crippen MR) is 87.7 cm³/mol. The standard InChI is InChI=1S/C17H17N5O/c23-17(12-8-4-5-9-12)20-16-13-10-18-14(19-15(13)21-22-16)11-6-2-1-3-7-11/h1-3,6-7,10,12H,4-5,8-9H2,(H2,18,19,20,21,22,23). The summed E-state index contributed by atoms with van der Waals surface area (Å²) >= 11 is 0. The molecule has 1 aliphatic rings. The molecule has 2 N–H and O–H groups in total. The molecule has 0 spiro atoms. The van der Waals surface area contributed by atoms with Crippen molar-refractivity contribution in [3.8, 4) is 11.4 Å². The summed E-state index contributed by atoms with van der Waals surface area (Å²) in [5.74, 6) is 1.29. The molecular formula is C17H17N5O. The number of carbonyl (C=O) groups is 1. The van der Waals surface area contributed by atoms with Gasteiger partial charge >= 0.3 is 0 Å². The van der Waals surface area contributed by atoms with Gasteiger partial charge in [-0.3, -0.25) is 9.89 Å². The third kappa shape index (κ3) is 2.67. The number of hydrogen-bond acceptors (Lipinski definition) is 4. The minimum absolute atomic E-state index is 0.0445. The average Bonchev–Trinajstić information content (AvgIpc) is 3.25. The summed E-state index contributed by atoms with van der Waals surface area (Å²) in [5, 5.41) is 10.7. The highest BCUT2D eigenvalue weighted by Gasteiger charge is 2.24. The van der Waals surface area contributed by atoms with E-state index in [0.29, 0.717) is 17.3 Å². The number of fused-ring (bicyclic) bond motifs is 1. The van der Waals surface area contributed by atoms with Crippen molar-refractivity contribution in [3.05, 3.63) is 36.5 Å². The molecule has 0 atom stereocenters. The Morgan fingerprint density at radius 2 is 1.96 bits per heavy atom. The minimum atomic E-state index is 0.0445. The van der Waals surface area contributed by atoms with Gasteiger partial charge in [0, 0.05) is 17.7 Å². The van der Waals surface area contributed by atoms with E-state index in [1.165, 1.54) is 0 Å². The molecule has 0 radical (unpaired) electrons. The molecule has 0 aliphatic heterocycles. The number of anilines is 1. The maximum Gasteiger partial charge on any atom is 0.228 e. The van der Waals surface area contributed by atoms with Crippen LogP contribution in [0.4, 0.5) is 5.82 Å². The van der Waals surface area contributed by atoms with Gasteiger partial charge in [0.25, 0.3) is 0 Å². The average molecular weight is 307 g/mol. The lowest BCUT2D eigenvalue weighted by molar-refractivity contribution is -0.119. The van der Waals surface area contributed by atoms with Crippen molar-refractivity contribution >= 4 is 22.8 Å². The zero-order valence-corrected chi connectivity index (χ0v) is 12.6. The third-order valence-electron chi connectivity index (χ3n) is 4.32. The zero-order valence-electron chi connectivity index (χ0n) is 12.6. The summed E-state index contributed by atoms with van der Waals surface area (Å²) in [4.78, 5) is 21.1. The number of aromatic nitrogens is 4. The molecular weight excluding hydrogens is 290 g/mol. The molecule has 6 nitrogen and oxygen atoms in total. The van der Waals surface area contributed by atoms with Crippen LogP contribution in [0.2, 0.25) is 0 Å². The van der Waals surface area contributed by atoms with Crippen LogP contribution in [0, 0.1) is 5.92 Å². The second kappa shape index (κ2) is 5.79. The van der Waals surface area contributed by atoms with Crippen LogP contribution in [0.5, 0.6) is 0 Å². The monoisotopic (exact) mass is 307 g/mol. The molecule has 0 saturated heterocycles. The van der Waals surface area contributed by atoms with E-state index in [4.69, 9.17) is 0 Å². The molecule has 1 saturated carbocycles. The van der Waals surface area contributed by atoms with Gasteiger partial charge in [-0.1, -0.05) is 43.2 Å². The number of rotatable bonds is 3. The Hall–Kier alpha value is -2.76.